The van der Waals surface area contributed by atoms with Crippen molar-refractivity contribution in [3.05, 3.63) is 72.1 Å². The Morgan fingerprint density at radius 3 is 2.63 bits per heavy atom. The van der Waals surface area contributed by atoms with Crippen molar-refractivity contribution < 1.29 is 14.3 Å². The van der Waals surface area contributed by atoms with Gasteiger partial charge in [-0.25, -0.2) is 4.79 Å². The van der Waals surface area contributed by atoms with Gasteiger partial charge in [0.2, 0.25) is 0 Å². The second-order valence-corrected chi connectivity index (χ2v) is 5.79. The van der Waals surface area contributed by atoms with Gasteiger partial charge in [0, 0.05) is 31.4 Å². The van der Waals surface area contributed by atoms with Crippen LogP contribution in [0.2, 0.25) is 0 Å². The van der Waals surface area contributed by atoms with Crippen LogP contribution < -0.4 is 5.32 Å². The van der Waals surface area contributed by atoms with Crippen LogP contribution in [0.5, 0.6) is 0 Å². The van der Waals surface area contributed by atoms with Crippen LogP contribution in [0.1, 0.15) is 18.2 Å². The first kappa shape index (κ1) is 20.2. The number of esters is 1. The van der Waals surface area contributed by atoms with Gasteiger partial charge in [0.05, 0.1) is 6.61 Å². The maximum Gasteiger partial charge on any atom is 0.325 e. The van der Waals surface area contributed by atoms with Gasteiger partial charge in [-0.2, -0.15) is 0 Å². The van der Waals surface area contributed by atoms with Crippen molar-refractivity contribution in [1.29, 1.82) is 0 Å². The van der Waals surface area contributed by atoms with E-state index in [9.17, 15) is 9.59 Å². The lowest BCUT2D eigenvalue weighted by molar-refractivity contribution is -0.141. The second-order valence-electron chi connectivity index (χ2n) is 5.79. The summed E-state index contributed by atoms with van der Waals surface area (Å²) < 4.78 is 4.84. The van der Waals surface area contributed by atoms with E-state index in [0.29, 0.717) is 19.5 Å². The fourth-order valence-corrected chi connectivity index (χ4v) is 2.42. The highest BCUT2D eigenvalue weighted by Gasteiger charge is 2.14. The van der Waals surface area contributed by atoms with Gasteiger partial charge in [0.25, 0.3) is 0 Å². The number of hydrogen-bond donors (Lipinski definition) is 1. The minimum atomic E-state index is -0.449. The molecular formula is C21H25N3O3. The monoisotopic (exact) mass is 367 g/mol. The smallest absolute Gasteiger partial charge is 0.325 e. The molecule has 2 aromatic rings. The summed E-state index contributed by atoms with van der Waals surface area (Å²) in [5.74, 6) is -0.449. The van der Waals surface area contributed by atoms with E-state index in [1.54, 1.807) is 18.0 Å². The van der Waals surface area contributed by atoms with Crippen molar-refractivity contribution in [2.45, 2.75) is 13.3 Å². The third-order valence-electron chi connectivity index (χ3n) is 3.78. The standard InChI is InChI=1S/C21H25N3O3/c1-2-27-20(25)17-23-21(26)24(16-13-19-12-6-7-14-22-19)15-8-11-18-9-4-3-5-10-18/h3-12,14H,2,13,15-17H2,1H3,(H,23,26)/b11-8+. The van der Waals surface area contributed by atoms with Crippen LogP contribution in [0, 0.1) is 0 Å². The third kappa shape index (κ3) is 7.73. The van der Waals surface area contributed by atoms with Crippen molar-refractivity contribution in [1.82, 2.24) is 15.2 Å². The van der Waals surface area contributed by atoms with E-state index >= 15 is 0 Å². The molecule has 1 heterocycles. The number of benzene rings is 1. The number of nitrogens with one attached hydrogen (secondary N) is 1. The molecule has 1 aromatic carbocycles. The zero-order valence-corrected chi connectivity index (χ0v) is 15.5. The zero-order valence-electron chi connectivity index (χ0n) is 15.5. The molecule has 6 heteroatoms. The van der Waals surface area contributed by atoms with E-state index < -0.39 is 5.97 Å². The van der Waals surface area contributed by atoms with Crippen LogP contribution in [0.25, 0.3) is 6.08 Å². The first-order valence-corrected chi connectivity index (χ1v) is 8.99. The Morgan fingerprint density at radius 2 is 1.93 bits per heavy atom. The average Bonchev–Trinajstić information content (AvgIpc) is 2.70. The van der Waals surface area contributed by atoms with Crippen molar-refractivity contribution in [3.8, 4) is 0 Å². The van der Waals surface area contributed by atoms with Crippen molar-refractivity contribution in [2.75, 3.05) is 26.2 Å². The molecule has 0 fully saturated rings. The molecule has 6 nitrogen and oxygen atoms in total. The maximum absolute atomic E-state index is 12.5. The first-order valence-electron chi connectivity index (χ1n) is 8.99. The summed E-state index contributed by atoms with van der Waals surface area (Å²) in [6, 6.07) is 15.3. The first-order chi connectivity index (χ1) is 13.2. The van der Waals surface area contributed by atoms with E-state index in [1.165, 1.54) is 0 Å². The van der Waals surface area contributed by atoms with E-state index in [2.05, 4.69) is 10.3 Å². The Balaban J connectivity index is 1.95. The molecule has 142 valence electrons. The van der Waals surface area contributed by atoms with Crippen LogP contribution in [-0.4, -0.2) is 48.1 Å². The lowest BCUT2D eigenvalue weighted by Crippen LogP contribution is -2.43. The van der Waals surface area contributed by atoms with Gasteiger partial charge in [-0.1, -0.05) is 48.6 Å². The van der Waals surface area contributed by atoms with Crippen LogP contribution in [-0.2, 0) is 16.0 Å². The van der Waals surface area contributed by atoms with Crippen LogP contribution >= 0.6 is 0 Å². The molecule has 1 aromatic heterocycles. The molecule has 0 spiro atoms. The van der Waals surface area contributed by atoms with Crippen molar-refractivity contribution in [2.24, 2.45) is 0 Å². The number of amides is 2. The lowest BCUT2D eigenvalue weighted by Gasteiger charge is -2.21. The largest absolute Gasteiger partial charge is 0.465 e. The van der Waals surface area contributed by atoms with Crippen LogP contribution in [0.4, 0.5) is 4.79 Å². The van der Waals surface area contributed by atoms with Gasteiger partial charge >= 0.3 is 12.0 Å². The number of nitrogens with zero attached hydrogens (tertiary/aromatic N) is 2. The highest BCUT2D eigenvalue weighted by Crippen LogP contribution is 2.03. The molecule has 0 aliphatic rings. The third-order valence-corrected chi connectivity index (χ3v) is 3.78. The summed E-state index contributed by atoms with van der Waals surface area (Å²) in [4.78, 5) is 29.9. The number of carbonyl (C=O) groups is 2. The van der Waals surface area contributed by atoms with Gasteiger partial charge in [-0.3, -0.25) is 9.78 Å². The van der Waals surface area contributed by atoms with Gasteiger partial charge in [-0.15, -0.1) is 0 Å². The Labute approximate surface area is 159 Å². The molecule has 0 saturated carbocycles. The molecule has 2 amide bonds. The summed E-state index contributed by atoms with van der Waals surface area (Å²) in [7, 11) is 0. The van der Waals surface area contributed by atoms with Crippen LogP contribution in [0.15, 0.2) is 60.8 Å². The lowest BCUT2D eigenvalue weighted by atomic mass is 10.2. The molecule has 2 rings (SSSR count). The number of hydrogen-bond acceptors (Lipinski definition) is 4. The van der Waals surface area contributed by atoms with E-state index in [-0.39, 0.29) is 19.2 Å². The Hall–Kier alpha value is -3.15. The molecule has 0 bridgehead atoms. The summed E-state index contributed by atoms with van der Waals surface area (Å²) in [5.41, 5.74) is 1.97. The number of ether oxygens (including phenoxy) is 1. The minimum Gasteiger partial charge on any atom is -0.465 e. The van der Waals surface area contributed by atoms with Gasteiger partial charge < -0.3 is 15.0 Å². The maximum atomic E-state index is 12.5. The zero-order chi connectivity index (χ0) is 19.3. The van der Waals surface area contributed by atoms with Gasteiger partial charge in [-0.05, 0) is 24.6 Å². The van der Waals surface area contributed by atoms with Crippen LogP contribution in [0.3, 0.4) is 0 Å². The molecule has 27 heavy (non-hydrogen) atoms. The SMILES string of the molecule is CCOC(=O)CNC(=O)N(C/C=C/c1ccccc1)CCc1ccccn1. The molecule has 0 saturated heterocycles. The predicted molar refractivity (Wildman–Crippen MR) is 105 cm³/mol. The Bertz CT molecular complexity index is 733. The highest BCUT2D eigenvalue weighted by atomic mass is 16.5. The number of pyridine rings is 1. The highest BCUT2D eigenvalue weighted by molar-refractivity contribution is 5.81. The topological polar surface area (TPSA) is 71.5 Å². The van der Waals surface area contributed by atoms with Gasteiger partial charge in [0.15, 0.2) is 0 Å². The molecule has 0 atom stereocenters. The fraction of sp³-hybridized carbons (Fsp3) is 0.286. The summed E-state index contributed by atoms with van der Waals surface area (Å²) in [6.45, 7) is 2.79. The second kappa shape index (κ2) is 11.5. The van der Waals surface area contributed by atoms with E-state index in [4.69, 9.17) is 4.74 Å². The molecular weight excluding hydrogens is 342 g/mol. The molecule has 0 unspecified atom stereocenters. The van der Waals surface area contributed by atoms with E-state index in [0.717, 1.165) is 11.3 Å². The number of urea groups is 1. The molecule has 0 aliphatic heterocycles. The Morgan fingerprint density at radius 1 is 1.15 bits per heavy atom. The normalized spacial score (nSPS) is 10.6. The average molecular weight is 367 g/mol. The quantitative estimate of drug-likeness (QED) is 0.692. The summed E-state index contributed by atoms with van der Waals surface area (Å²) in [5, 5.41) is 2.61. The fourth-order valence-electron chi connectivity index (χ4n) is 2.42. The van der Waals surface area contributed by atoms with Gasteiger partial charge in [0.1, 0.15) is 6.54 Å². The van der Waals surface area contributed by atoms with Crippen molar-refractivity contribution in [3.63, 3.8) is 0 Å². The van der Waals surface area contributed by atoms with E-state index in [1.807, 2.05) is 60.7 Å². The van der Waals surface area contributed by atoms with Crippen molar-refractivity contribution >= 4 is 18.1 Å². The number of rotatable bonds is 9. The summed E-state index contributed by atoms with van der Waals surface area (Å²) in [6.07, 6.45) is 6.26. The molecule has 1 N–H and O–H groups in total. The molecule has 0 aliphatic carbocycles. The number of carbonyl (C=O) groups excluding carboxylic acids is 2. The number of aromatic nitrogens is 1. The molecule has 0 radical (unpaired) electrons. The predicted octanol–water partition coefficient (Wildman–Crippen LogP) is 2.91. The Kier molecular flexibility index (Phi) is 8.56. The minimum absolute atomic E-state index is 0.144. The summed E-state index contributed by atoms with van der Waals surface area (Å²) >= 11 is 0.